The van der Waals surface area contributed by atoms with Crippen molar-refractivity contribution in [3.05, 3.63) is 41.8 Å². The predicted octanol–water partition coefficient (Wildman–Crippen LogP) is 3.58. The fraction of sp³-hybridized carbons (Fsp3) is 0.286. The Balaban J connectivity index is 2.21. The molecule has 18 heavy (non-hydrogen) atoms. The molecule has 0 atom stereocenters. The molecule has 0 N–H and O–H groups in total. The van der Waals surface area contributed by atoms with Crippen molar-refractivity contribution >= 4 is 6.29 Å². The lowest BCUT2D eigenvalue weighted by molar-refractivity contribution is 0.111. The minimum atomic E-state index is 0.0456. The van der Waals surface area contributed by atoms with Crippen molar-refractivity contribution in [2.45, 2.75) is 26.2 Å². The Bertz CT molecular complexity index is 552. The summed E-state index contributed by atoms with van der Waals surface area (Å²) in [6.45, 7) is 6.38. The number of nitrogens with zero attached hydrogens (tertiary/aromatic N) is 1. The second-order valence-electron chi connectivity index (χ2n) is 5.04. The molecule has 2 aromatic rings. The molecule has 0 aliphatic carbocycles. The SMILES string of the molecule is CC(C)(C)c1cccc(Oc2nc(C=O)co2)c1. The molecule has 4 heteroatoms. The van der Waals surface area contributed by atoms with Gasteiger partial charge in [-0.3, -0.25) is 4.79 Å². The van der Waals surface area contributed by atoms with E-state index in [4.69, 9.17) is 9.15 Å². The number of aromatic nitrogens is 1. The number of carbonyl (C=O) groups excluding carboxylic acids is 1. The minimum absolute atomic E-state index is 0.0456. The second-order valence-corrected chi connectivity index (χ2v) is 5.04. The van der Waals surface area contributed by atoms with Gasteiger partial charge in [0.2, 0.25) is 0 Å². The molecule has 0 aliphatic heterocycles. The number of hydrogen-bond donors (Lipinski definition) is 0. The zero-order valence-electron chi connectivity index (χ0n) is 10.6. The first-order valence-electron chi connectivity index (χ1n) is 5.68. The van der Waals surface area contributed by atoms with Crippen LogP contribution >= 0.6 is 0 Å². The molecule has 94 valence electrons. The van der Waals surface area contributed by atoms with E-state index in [-0.39, 0.29) is 17.2 Å². The van der Waals surface area contributed by atoms with Gasteiger partial charge < -0.3 is 9.15 Å². The van der Waals surface area contributed by atoms with Gasteiger partial charge in [-0.2, -0.15) is 4.98 Å². The average molecular weight is 245 g/mol. The Morgan fingerprint density at radius 3 is 2.72 bits per heavy atom. The quantitative estimate of drug-likeness (QED) is 0.775. The monoisotopic (exact) mass is 245 g/mol. The lowest BCUT2D eigenvalue weighted by atomic mass is 9.87. The molecule has 0 radical (unpaired) electrons. The summed E-state index contributed by atoms with van der Waals surface area (Å²) in [5.41, 5.74) is 1.42. The van der Waals surface area contributed by atoms with Crippen LogP contribution < -0.4 is 4.74 Å². The fourth-order valence-electron chi connectivity index (χ4n) is 1.50. The maximum Gasteiger partial charge on any atom is 0.399 e. The summed E-state index contributed by atoms with van der Waals surface area (Å²) < 4.78 is 10.5. The average Bonchev–Trinajstić information content (AvgIpc) is 2.76. The summed E-state index contributed by atoms with van der Waals surface area (Å²) in [4.78, 5) is 14.3. The van der Waals surface area contributed by atoms with Crippen molar-refractivity contribution in [3.8, 4) is 11.8 Å². The third-order valence-corrected chi connectivity index (χ3v) is 2.53. The molecule has 0 aliphatic rings. The standard InChI is InChI=1S/C14H15NO3/c1-14(2,3)10-5-4-6-12(7-10)18-13-15-11(8-16)9-17-13/h4-9H,1-3H3. The van der Waals surface area contributed by atoms with E-state index in [0.717, 1.165) is 5.56 Å². The van der Waals surface area contributed by atoms with Gasteiger partial charge >= 0.3 is 6.08 Å². The van der Waals surface area contributed by atoms with Gasteiger partial charge in [-0.1, -0.05) is 32.9 Å². The third-order valence-electron chi connectivity index (χ3n) is 2.53. The van der Waals surface area contributed by atoms with Crippen LogP contribution in [-0.2, 0) is 5.41 Å². The maximum atomic E-state index is 10.5. The molecular formula is C14H15NO3. The second kappa shape index (κ2) is 4.64. The van der Waals surface area contributed by atoms with Crippen LogP contribution in [0, 0.1) is 0 Å². The van der Waals surface area contributed by atoms with E-state index in [9.17, 15) is 4.79 Å². The number of rotatable bonds is 3. The Kier molecular flexibility index (Phi) is 3.19. The first kappa shape index (κ1) is 12.4. The van der Waals surface area contributed by atoms with Gasteiger partial charge in [-0.25, -0.2) is 0 Å². The van der Waals surface area contributed by atoms with Gasteiger partial charge in [0, 0.05) is 0 Å². The maximum absolute atomic E-state index is 10.5. The largest absolute Gasteiger partial charge is 0.416 e. The number of benzene rings is 1. The van der Waals surface area contributed by atoms with E-state index >= 15 is 0 Å². The Hall–Kier alpha value is -2.10. The summed E-state index contributed by atoms with van der Waals surface area (Å²) in [5.74, 6) is 0.640. The number of carbonyl (C=O) groups is 1. The van der Waals surface area contributed by atoms with Crippen molar-refractivity contribution < 1.29 is 13.9 Å². The van der Waals surface area contributed by atoms with Gasteiger partial charge in [0.1, 0.15) is 17.7 Å². The van der Waals surface area contributed by atoms with Crippen LogP contribution in [0.1, 0.15) is 36.8 Å². The van der Waals surface area contributed by atoms with Crippen LogP contribution in [0.3, 0.4) is 0 Å². The van der Waals surface area contributed by atoms with Gasteiger partial charge in [0.15, 0.2) is 6.29 Å². The van der Waals surface area contributed by atoms with Gasteiger partial charge in [-0.15, -0.1) is 0 Å². The first-order chi connectivity index (χ1) is 8.49. The lowest BCUT2D eigenvalue weighted by Crippen LogP contribution is -2.10. The van der Waals surface area contributed by atoms with Crippen LogP contribution in [0.4, 0.5) is 0 Å². The highest BCUT2D eigenvalue weighted by Gasteiger charge is 2.14. The highest BCUT2D eigenvalue weighted by molar-refractivity contribution is 5.70. The third kappa shape index (κ3) is 2.77. The first-order valence-corrected chi connectivity index (χ1v) is 5.68. The zero-order chi connectivity index (χ0) is 13.2. The molecule has 0 saturated heterocycles. The van der Waals surface area contributed by atoms with Crippen LogP contribution in [0.2, 0.25) is 0 Å². The number of oxazole rings is 1. The van der Waals surface area contributed by atoms with E-state index < -0.39 is 0 Å². The predicted molar refractivity (Wildman–Crippen MR) is 67.1 cm³/mol. The Morgan fingerprint density at radius 1 is 1.33 bits per heavy atom. The molecule has 1 heterocycles. The zero-order valence-corrected chi connectivity index (χ0v) is 10.6. The van der Waals surface area contributed by atoms with Crippen molar-refractivity contribution in [1.29, 1.82) is 0 Å². The molecule has 4 nitrogen and oxygen atoms in total. The summed E-state index contributed by atoms with van der Waals surface area (Å²) in [7, 11) is 0. The number of aldehydes is 1. The molecular weight excluding hydrogens is 230 g/mol. The van der Waals surface area contributed by atoms with Gasteiger partial charge in [0.25, 0.3) is 0 Å². The number of hydrogen-bond acceptors (Lipinski definition) is 4. The molecule has 1 aromatic heterocycles. The van der Waals surface area contributed by atoms with Gasteiger partial charge in [0.05, 0.1) is 0 Å². The molecule has 2 rings (SSSR count). The van der Waals surface area contributed by atoms with Crippen LogP contribution in [0.15, 0.2) is 34.9 Å². The molecule has 0 fully saturated rings. The molecule has 1 aromatic carbocycles. The van der Waals surface area contributed by atoms with Crippen molar-refractivity contribution in [2.75, 3.05) is 0 Å². The van der Waals surface area contributed by atoms with E-state index in [1.54, 1.807) is 0 Å². The van der Waals surface area contributed by atoms with E-state index in [0.29, 0.717) is 12.0 Å². The highest BCUT2D eigenvalue weighted by Crippen LogP contribution is 2.27. The summed E-state index contributed by atoms with van der Waals surface area (Å²) >= 11 is 0. The molecule has 0 spiro atoms. The summed E-state index contributed by atoms with van der Waals surface area (Å²) in [6.07, 6.45) is 1.95. The van der Waals surface area contributed by atoms with E-state index in [1.807, 2.05) is 24.3 Å². The van der Waals surface area contributed by atoms with Crippen molar-refractivity contribution in [2.24, 2.45) is 0 Å². The summed E-state index contributed by atoms with van der Waals surface area (Å²) in [6, 6.07) is 7.71. The molecule has 0 unspecified atom stereocenters. The molecule has 0 bridgehead atoms. The molecule has 0 amide bonds. The number of ether oxygens (including phenoxy) is 1. The van der Waals surface area contributed by atoms with Crippen LogP contribution in [0.25, 0.3) is 0 Å². The smallest absolute Gasteiger partial charge is 0.399 e. The van der Waals surface area contributed by atoms with E-state index in [1.165, 1.54) is 6.26 Å². The Labute approximate surface area is 106 Å². The highest BCUT2D eigenvalue weighted by atomic mass is 16.6. The van der Waals surface area contributed by atoms with Crippen molar-refractivity contribution in [1.82, 2.24) is 4.98 Å². The fourth-order valence-corrected chi connectivity index (χ4v) is 1.50. The molecule has 0 saturated carbocycles. The topological polar surface area (TPSA) is 52.3 Å². The van der Waals surface area contributed by atoms with Crippen molar-refractivity contribution in [3.63, 3.8) is 0 Å². The van der Waals surface area contributed by atoms with Crippen LogP contribution in [0.5, 0.6) is 11.8 Å². The van der Waals surface area contributed by atoms with Gasteiger partial charge in [-0.05, 0) is 23.1 Å². The lowest BCUT2D eigenvalue weighted by Gasteiger charge is -2.19. The summed E-state index contributed by atoms with van der Waals surface area (Å²) in [5, 5.41) is 0. The van der Waals surface area contributed by atoms with Crippen LogP contribution in [-0.4, -0.2) is 11.3 Å². The van der Waals surface area contributed by atoms with E-state index in [2.05, 4.69) is 25.8 Å². The normalized spacial score (nSPS) is 11.3. The minimum Gasteiger partial charge on any atom is -0.416 e. The Morgan fingerprint density at radius 2 is 2.11 bits per heavy atom.